The number of carbonyl (C=O) groups is 2. The van der Waals surface area contributed by atoms with Crippen LogP contribution < -0.4 is 11.1 Å². The van der Waals surface area contributed by atoms with E-state index in [-0.39, 0.29) is 11.7 Å². The van der Waals surface area contributed by atoms with E-state index in [1.807, 2.05) is 6.08 Å². The maximum atomic E-state index is 12.3. The molecule has 0 spiro atoms. The van der Waals surface area contributed by atoms with Crippen molar-refractivity contribution in [2.75, 3.05) is 11.1 Å². The summed E-state index contributed by atoms with van der Waals surface area (Å²) in [6, 6.07) is 6.48. The normalized spacial score (nSPS) is 14.6. The van der Waals surface area contributed by atoms with Gasteiger partial charge in [-0.05, 0) is 37.1 Å². The van der Waals surface area contributed by atoms with Crippen LogP contribution in [-0.2, 0) is 11.3 Å². The molecule has 28 heavy (non-hydrogen) atoms. The molecule has 0 atom stereocenters. The van der Waals surface area contributed by atoms with Gasteiger partial charge >= 0.3 is 0 Å². The van der Waals surface area contributed by atoms with Crippen molar-refractivity contribution in [1.82, 2.24) is 14.8 Å². The Morgan fingerprint density at radius 3 is 2.57 bits per heavy atom. The van der Waals surface area contributed by atoms with Gasteiger partial charge in [-0.3, -0.25) is 9.59 Å². The smallest absolute Gasteiger partial charge is 0.248 e. The fourth-order valence-corrected chi connectivity index (χ4v) is 4.17. The SMILES string of the molecule is C=CCn1c(SCC(=O)Nc2ccc(C(N)=O)cc2)nnc1C1CCCCC1. The highest BCUT2D eigenvalue weighted by Crippen LogP contribution is 2.33. The monoisotopic (exact) mass is 399 g/mol. The van der Waals surface area contributed by atoms with E-state index in [2.05, 4.69) is 26.7 Å². The fourth-order valence-electron chi connectivity index (χ4n) is 3.42. The number of nitrogens with zero attached hydrogens (tertiary/aromatic N) is 3. The molecule has 1 saturated carbocycles. The molecule has 8 heteroatoms. The number of hydrogen-bond donors (Lipinski definition) is 2. The Morgan fingerprint density at radius 1 is 1.21 bits per heavy atom. The van der Waals surface area contributed by atoms with Crippen LogP contribution in [0, 0.1) is 0 Å². The van der Waals surface area contributed by atoms with Crippen LogP contribution in [0.5, 0.6) is 0 Å². The van der Waals surface area contributed by atoms with Gasteiger partial charge in [0, 0.05) is 23.7 Å². The summed E-state index contributed by atoms with van der Waals surface area (Å²) in [4.78, 5) is 23.4. The largest absolute Gasteiger partial charge is 0.366 e. The van der Waals surface area contributed by atoms with E-state index < -0.39 is 5.91 Å². The average Bonchev–Trinajstić information content (AvgIpc) is 3.10. The Bertz CT molecular complexity index is 841. The first kappa shape index (κ1) is 20.1. The fraction of sp³-hybridized carbons (Fsp3) is 0.400. The lowest BCUT2D eigenvalue weighted by molar-refractivity contribution is -0.113. The quantitative estimate of drug-likeness (QED) is 0.523. The van der Waals surface area contributed by atoms with Crippen molar-refractivity contribution in [3.63, 3.8) is 0 Å². The van der Waals surface area contributed by atoms with Crippen molar-refractivity contribution in [2.24, 2.45) is 5.73 Å². The number of amides is 2. The number of allylic oxidation sites excluding steroid dienone is 1. The third-order valence-electron chi connectivity index (χ3n) is 4.81. The first-order chi connectivity index (χ1) is 13.6. The van der Waals surface area contributed by atoms with E-state index in [9.17, 15) is 9.59 Å². The average molecular weight is 400 g/mol. The summed E-state index contributed by atoms with van der Waals surface area (Å²) < 4.78 is 2.07. The summed E-state index contributed by atoms with van der Waals surface area (Å²) in [6.45, 7) is 4.47. The summed E-state index contributed by atoms with van der Waals surface area (Å²) >= 11 is 1.36. The third-order valence-corrected chi connectivity index (χ3v) is 5.78. The van der Waals surface area contributed by atoms with Gasteiger partial charge in [0.2, 0.25) is 11.8 Å². The van der Waals surface area contributed by atoms with Gasteiger partial charge in [-0.1, -0.05) is 37.1 Å². The van der Waals surface area contributed by atoms with Crippen LogP contribution >= 0.6 is 11.8 Å². The lowest BCUT2D eigenvalue weighted by Crippen LogP contribution is -2.16. The molecule has 3 N–H and O–H groups in total. The van der Waals surface area contributed by atoms with E-state index in [1.165, 1.54) is 31.0 Å². The number of aromatic nitrogens is 3. The molecule has 1 heterocycles. The van der Waals surface area contributed by atoms with Crippen molar-refractivity contribution in [3.8, 4) is 0 Å². The lowest BCUT2D eigenvalue weighted by Gasteiger charge is -2.21. The number of primary amides is 1. The zero-order valence-electron chi connectivity index (χ0n) is 15.8. The molecule has 3 rings (SSSR count). The Hall–Kier alpha value is -2.61. The number of nitrogens with two attached hydrogens (primary N) is 1. The van der Waals surface area contributed by atoms with Crippen molar-refractivity contribution in [3.05, 3.63) is 48.3 Å². The van der Waals surface area contributed by atoms with E-state index in [4.69, 9.17) is 5.73 Å². The molecule has 0 unspecified atom stereocenters. The van der Waals surface area contributed by atoms with Crippen LogP contribution in [0.2, 0.25) is 0 Å². The van der Waals surface area contributed by atoms with Crippen LogP contribution in [0.3, 0.4) is 0 Å². The van der Waals surface area contributed by atoms with Gasteiger partial charge in [-0.15, -0.1) is 16.8 Å². The predicted octanol–water partition coefficient (Wildman–Crippen LogP) is 3.34. The van der Waals surface area contributed by atoms with Crippen LogP contribution in [0.1, 0.15) is 54.2 Å². The minimum atomic E-state index is -0.497. The highest BCUT2D eigenvalue weighted by atomic mass is 32.2. The number of anilines is 1. The zero-order valence-corrected chi connectivity index (χ0v) is 16.6. The van der Waals surface area contributed by atoms with Crippen molar-refractivity contribution < 1.29 is 9.59 Å². The van der Waals surface area contributed by atoms with Gasteiger partial charge in [-0.25, -0.2) is 0 Å². The van der Waals surface area contributed by atoms with Crippen molar-refractivity contribution in [2.45, 2.75) is 49.7 Å². The number of carbonyl (C=O) groups excluding carboxylic acids is 2. The molecule has 1 aliphatic rings. The second-order valence-electron chi connectivity index (χ2n) is 6.85. The van der Waals surface area contributed by atoms with Crippen LogP contribution in [-0.4, -0.2) is 32.3 Å². The lowest BCUT2D eigenvalue weighted by atomic mass is 9.89. The zero-order chi connectivity index (χ0) is 19.9. The molecule has 0 aliphatic heterocycles. The van der Waals surface area contributed by atoms with Gasteiger partial charge in [0.05, 0.1) is 5.75 Å². The van der Waals surface area contributed by atoms with Gasteiger partial charge in [0.15, 0.2) is 5.16 Å². The van der Waals surface area contributed by atoms with E-state index in [0.717, 1.165) is 23.8 Å². The molecule has 0 saturated heterocycles. The topological polar surface area (TPSA) is 103 Å². The van der Waals surface area contributed by atoms with Crippen LogP contribution in [0.15, 0.2) is 42.1 Å². The number of thioether (sulfide) groups is 1. The van der Waals surface area contributed by atoms with Crippen LogP contribution in [0.25, 0.3) is 0 Å². The molecule has 7 nitrogen and oxygen atoms in total. The van der Waals surface area contributed by atoms with E-state index in [1.54, 1.807) is 24.3 Å². The second kappa shape index (κ2) is 9.54. The standard InChI is InChI=1S/C20H25N5O2S/c1-2-12-25-19(15-6-4-3-5-7-15)23-24-20(25)28-13-17(26)22-16-10-8-14(9-11-16)18(21)27/h2,8-11,15H,1,3-7,12-13H2,(H2,21,27)(H,22,26). The van der Waals surface area contributed by atoms with Crippen molar-refractivity contribution in [1.29, 1.82) is 0 Å². The molecule has 0 bridgehead atoms. The van der Waals surface area contributed by atoms with Gasteiger partial charge < -0.3 is 15.6 Å². The maximum Gasteiger partial charge on any atom is 0.248 e. The summed E-state index contributed by atoms with van der Waals surface area (Å²) in [5.41, 5.74) is 6.24. The second-order valence-corrected chi connectivity index (χ2v) is 7.80. The molecular weight excluding hydrogens is 374 g/mol. The molecule has 148 valence electrons. The summed E-state index contributed by atoms with van der Waals surface area (Å²) in [6.07, 6.45) is 7.86. The predicted molar refractivity (Wildman–Crippen MR) is 110 cm³/mol. The minimum absolute atomic E-state index is 0.149. The van der Waals surface area contributed by atoms with Gasteiger partial charge in [0.1, 0.15) is 5.82 Å². The first-order valence-corrected chi connectivity index (χ1v) is 10.4. The molecule has 1 fully saturated rings. The summed E-state index contributed by atoms with van der Waals surface area (Å²) in [7, 11) is 0. The summed E-state index contributed by atoms with van der Waals surface area (Å²) in [5, 5.41) is 12.3. The molecule has 0 radical (unpaired) electrons. The number of nitrogens with one attached hydrogen (secondary N) is 1. The Labute approximate surface area is 168 Å². The number of rotatable bonds is 8. The first-order valence-electron chi connectivity index (χ1n) is 9.45. The molecule has 2 aromatic rings. The van der Waals surface area contributed by atoms with Crippen molar-refractivity contribution >= 4 is 29.3 Å². The highest BCUT2D eigenvalue weighted by molar-refractivity contribution is 7.99. The maximum absolute atomic E-state index is 12.3. The molecule has 1 aliphatic carbocycles. The van der Waals surface area contributed by atoms with Crippen LogP contribution in [0.4, 0.5) is 5.69 Å². The Balaban J connectivity index is 1.61. The van der Waals surface area contributed by atoms with Gasteiger partial charge in [0.25, 0.3) is 0 Å². The molecular formula is C20H25N5O2S. The number of hydrogen-bond acceptors (Lipinski definition) is 5. The Kier molecular flexibility index (Phi) is 6.86. The number of benzene rings is 1. The van der Waals surface area contributed by atoms with Gasteiger partial charge in [-0.2, -0.15) is 0 Å². The Morgan fingerprint density at radius 2 is 1.93 bits per heavy atom. The third kappa shape index (κ3) is 5.01. The summed E-state index contributed by atoms with van der Waals surface area (Å²) in [5.74, 6) is 1.02. The minimum Gasteiger partial charge on any atom is -0.366 e. The molecule has 2 amide bonds. The molecule has 1 aromatic carbocycles. The van der Waals surface area contributed by atoms with E-state index in [0.29, 0.717) is 23.7 Å². The highest BCUT2D eigenvalue weighted by Gasteiger charge is 2.23. The molecule has 1 aromatic heterocycles. The van der Waals surface area contributed by atoms with E-state index >= 15 is 0 Å².